The second-order valence-electron chi connectivity index (χ2n) is 5.86. The summed E-state index contributed by atoms with van der Waals surface area (Å²) in [5.74, 6) is 0.849. The fourth-order valence-corrected chi connectivity index (χ4v) is 3.41. The van der Waals surface area contributed by atoms with Crippen molar-refractivity contribution in [1.82, 2.24) is 15.3 Å². The maximum atomic E-state index is 4.36. The Morgan fingerprint density at radius 3 is 2.50 bits per heavy atom. The van der Waals surface area contributed by atoms with Gasteiger partial charge in [-0.05, 0) is 36.2 Å². The molecule has 1 fully saturated rings. The van der Waals surface area contributed by atoms with Crippen molar-refractivity contribution < 1.29 is 0 Å². The third kappa shape index (κ3) is 2.52. The highest BCUT2D eigenvalue weighted by Crippen LogP contribution is 2.27. The fraction of sp³-hybridized carbons (Fsp3) is 0.412. The Bertz CT molecular complexity index is 635. The van der Waals surface area contributed by atoms with E-state index in [-0.39, 0.29) is 0 Å². The zero-order valence-corrected chi connectivity index (χ0v) is 12.7. The SMILES string of the molecule is c1cnc(N2CCN(c3cccc4c3CCNC4)CC2)nc1. The molecule has 0 bridgehead atoms. The summed E-state index contributed by atoms with van der Waals surface area (Å²) in [7, 11) is 0. The number of anilines is 2. The van der Waals surface area contributed by atoms with Gasteiger partial charge in [0.1, 0.15) is 0 Å². The van der Waals surface area contributed by atoms with Crippen LogP contribution in [0.2, 0.25) is 0 Å². The van der Waals surface area contributed by atoms with Crippen molar-refractivity contribution >= 4 is 11.6 Å². The van der Waals surface area contributed by atoms with E-state index in [9.17, 15) is 0 Å². The van der Waals surface area contributed by atoms with Gasteiger partial charge in [-0.15, -0.1) is 0 Å². The van der Waals surface area contributed by atoms with Crippen LogP contribution >= 0.6 is 0 Å². The first-order chi connectivity index (χ1) is 10.9. The number of piperazine rings is 1. The molecular weight excluding hydrogens is 274 g/mol. The lowest BCUT2D eigenvalue weighted by atomic mass is 9.98. The minimum absolute atomic E-state index is 0.849. The van der Waals surface area contributed by atoms with Gasteiger partial charge < -0.3 is 15.1 Å². The molecular formula is C17H21N5. The van der Waals surface area contributed by atoms with E-state index >= 15 is 0 Å². The topological polar surface area (TPSA) is 44.3 Å². The van der Waals surface area contributed by atoms with Crippen LogP contribution in [-0.2, 0) is 13.0 Å². The van der Waals surface area contributed by atoms with Crippen LogP contribution in [0.4, 0.5) is 11.6 Å². The standard InChI is InChI=1S/C17H21N5/c1-3-14-13-18-8-5-15(14)16(4-1)21-9-11-22(12-10-21)17-19-6-2-7-20-17/h1-4,6-7,18H,5,8-13H2. The van der Waals surface area contributed by atoms with Gasteiger partial charge in [0, 0.05) is 50.8 Å². The van der Waals surface area contributed by atoms with Crippen molar-refractivity contribution in [2.45, 2.75) is 13.0 Å². The van der Waals surface area contributed by atoms with E-state index < -0.39 is 0 Å². The van der Waals surface area contributed by atoms with Gasteiger partial charge in [-0.25, -0.2) is 9.97 Å². The van der Waals surface area contributed by atoms with E-state index in [1.54, 1.807) is 0 Å². The minimum atomic E-state index is 0.849. The molecule has 5 nitrogen and oxygen atoms in total. The summed E-state index contributed by atoms with van der Waals surface area (Å²) < 4.78 is 0. The number of fused-ring (bicyclic) bond motifs is 1. The van der Waals surface area contributed by atoms with E-state index in [4.69, 9.17) is 0 Å². The van der Waals surface area contributed by atoms with Gasteiger partial charge in [0.25, 0.3) is 0 Å². The second kappa shape index (κ2) is 5.93. The molecule has 4 rings (SSSR count). The second-order valence-corrected chi connectivity index (χ2v) is 5.86. The number of hydrogen-bond donors (Lipinski definition) is 1. The molecule has 0 unspecified atom stereocenters. The first-order valence-corrected chi connectivity index (χ1v) is 8.00. The van der Waals surface area contributed by atoms with Gasteiger partial charge >= 0.3 is 0 Å². The first-order valence-electron chi connectivity index (χ1n) is 8.00. The number of benzene rings is 1. The van der Waals surface area contributed by atoms with Gasteiger partial charge in [-0.1, -0.05) is 12.1 Å². The Kier molecular flexibility index (Phi) is 3.64. The molecule has 2 aliphatic heterocycles. The van der Waals surface area contributed by atoms with E-state index in [1.807, 2.05) is 18.5 Å². The molecule has 0 amide bonds. The number of aromatic nitrogens is 2. The van der Waals surface area contributed by atoms with E-state index in [2.05, 4.69) is 43.3 Å². The predicted molar refractivity (Wildman–Crippen MR) is 88.3 cm³/mol. The quantitative estimate of drug-likeness (QED) is 0.908. The summed E-state index contributed by atoms with van der Waals surface area (Å²) in [5, 5.41) is 3.46. The van der Waals surface area contributed by atoms with Crippen LogP contribution in [0.1, 0.15) is 11.1 Å². The summed E-state index contributed by atoms with van der Waals surface area (Å²) >= 11 is 0. The van der Waals surface area contributed by atoms with Crippen molar-refractivity contribution in [2.75, 3.05) is 42.5 Å². The van der Waals surface area contributed by atoms with Crippen LogP contribution in [0, 0.1) is 0 Å². The van der Waals surface area contributed by atoms with Gasteiger partial charge in [0.2, 0.25) is 5.95 Å². The number of rotatable bonds is 2. The molecule has 0 radical (unpaired) electrons. The molecule has 2 aliphatic rings. The monoisotopic (exact) mass is 295 g/mol. The van der Waals surface area contributed by atoms with Crippen molar-refractivity contribution in [3.05, 3.63) is 47.8 Å². The number of nitrogens with one attached hydrogen (secondary N) is 1. The lowest BCUT2D eigenvalue weighted by Crippen LogP contribution is -2.47. The Morgan fingerprint density at radius 2 is 1.68 bits per heavy atom. The highest BCUT2D eigenvalue weighted by atomic mass is 15.3. The summed E-state index contributed by atoms with van der Waals surface area (Å²) in [6.07, 6.45) is 4.76. The van der Waals surface area contributed by atoms with Crippen molar-refractivity contribution in [1.29, 1.82) is 0 Å². The molecule has 0 spiro atoms. The molecule has 0 aliphatic carbocycles. The first kappa shape index (κ1) is 13.5. The maximum Gasteiger partial charge on any atom is 0.225 e. The third-order valence-corrected chi connectivity index (χ3v) is 4.57. The predicted octanol–water partition coefficient (Wildman–Crippen LogP) is 1.45. The van der Waals surface area contributed by atoms with Crippen LogP contribution < -0.4 is 15.1 Å². The third-order valence-electron chi connectivity index (χ3n) is 4.57. The average molecular weight is 295 g/mol. The summed E-state index contributed by atoms with van der Waals surface area (Å²) in [5.41, 5.74) is 4.41. The summed E-state index contributed by atoms with van der Waals surface area (Å²) in [4.78, 5) is 13.5. The number of hydrogen-bond acceptors (Lipinski definition) is 5. The summed E-state index contributed by atoms with van der Waals surface area (Å²) in [6.45, 7) is 6.10. The molecule has 1 aromatic heterocycles. The highest BCUT2D eigenvalue weighted by molar-refractivity contribution is 5.58. The summed E-state index contributed by atoms with van der Waals surface area (Å²) in [6, 6.07) is 8.58. The van der Waals surface area contributed by atoms with Crippen LogP contribution in [0.3, 0.4) is 0 Å². The minimum Gasteiger partial charge on any atom is -0.368 e. The zero-order valence-electron chi connectivity index (χ0n) is 12.7. The van der Waals surface area contributed by atoms with Gasteiger partial charge in [-0.3, -0.25) is 0 Å². The van der Waals surface area contributed by atoms with Gasteiger partial charge in [0.15, 0.2) is 0 Å². The molecule has 1 saturated heterocycles. The van der Waals surface area contributed by atoms with Gasteiger partial charge in [0.05, 0.1) is 0 Å². The Morgan fingerprint density at radius 1 is 0.909 bits per heavy atom. The van der Waals surface area contributed by atoms with Crippen molar-refractivity contribution in [3.8, 4) is 0 Å². The van der Waals surface area contributed by atoms with E-state index in [0.717, 1.165) is 51.6 Å². The van der Waals surface area contributed by atoms with Crippen molar-refractivity contribution in [2.24, 2.45) is 0 Å². The van der Waals surface area contributed by atoms with Crippen LogP contribution in [0.5, 0.6) is 0 Å². The molecule has 114 valence electrons. The Balaban J connectivity index is 1.50. The van der Waals surface area contributed by atoms with E-state index in [1.165, 1.54) is 16.8 Å². The fourth-order valence-electron chi connectivity index (χ4n) is 3.41. The molecule has 0 atom stereocenters. The zero-order chi connectivity index (χ0) is 14.8. The largest absolute Gasteiger partial charge is 0.368 e. The highest BCUT2D eigenvalue weighted by Gasteiger charge is 2.22. The maximum absolute atomic E-state index is 4.36. The average Bonchev–Trinajstić information content (AvgIpc) is 2.62. The Hall–Kier alpha value is -2.14. The Labute approximate surface area is 131 Å². The lowest BCUT2D eigenvalue weighted by Gasteiger charge is -2.37. The number of nitrogens with zero attached hydrogens (tertiary/aromatic N) is 4. The molecule has 1 aromatic carbocycles. The van der Waals surface area contributed by atoms with Crippen molar-refractivity contribution in [3.63, 3.8) is 0 Å². The molecule has 3 heterocycles. The molecule has 1 N–H and O–H groups in total. The lowest BCUT2D eigenvalue weighted by molar-refractivity contribution is 0.620. The van der Waals surface area contributed by atoms with Crippen LogP contribution in [0.25, 0.3) is 0 Å². The molecule has 5 heteroatoms. The van der Waals surface area contributed by atoms with E-state index in [0.29, 0.717) is 0 Å². The van der Waals surface area contributed by atoms with Gasteiger partial charge in [-0.2, -0.15) is 0 Å². The normalized spacial score (nSPS) is 18.2. The van der Waals surface area contributed by atoms with Crippen LogP contribution in [0.15, 0.2) is 36.7 Å². The molecule has 22 heavy (non-hydrogen) atoms. The molecule has 0 saturated carbocycles. The smallest absolute Gasteiger partial charge is 0.225 e. The van der Waals surface area contributed by atoms with Crippen LogP contribution in [-0.4, -0.2) is 42.7 Å². The molecule has 2 aromatic rings.